The summed E-state index contributed by atoms with van der Waals surface area (Å²) in [5.74, 6) is 0.704. The Bertz CT molecular complexity index is 286. The van der Waals surface area contributed by atoms with E-state index in [0.717, 1.165) is 0 Å². The van der Waals surface area contributed by atoms with E-state index < -0.39 is 0 Å². The molecule has 0 saturated carbocycles. The van der Waals surface area contributed by atoms with Crippen LogP contribution >= 0.6 is 0 Å². The Kier molecular flexibility index (Phi) is 11.1. The Balaban J connectivity index is 2.54. The van der Waals surface area contributed by atoms with Gasteiger partial charge in [0, 0.05) is 12.1 Å². The Morgan fingerprint density at radius 1 is 0.583 bits per heavy atom. The van der Waals surface area contributed by atoms with Crippen molar-refractivity contribution >= 4 is 0 Å². The quantitative estimate of drug-likeness (QED) is 0.491. The average molecular weight is 343 g/mol. The first kappa shape index (κ1) is 21.8. The summed E-state index contributed by atoms with van der Waals surface area (Å²) in [6.45, 7) is 3.52. The summed E-state index contributed by atoms with van der Waals surface area (Å²) in [7, 11) is 13.0. The van der Waals surface area contributed by atoms with E-state index in [2.05, 4.69) is 73.4 Å². The van der Waals surface area contributed by atoms with Crippen LogP contribution in [0.4, 0.5) is 0 Å². The summed E-state index contributed by atoms with van der Waals surface area (Å²) < 4.78 is 0. The maximum atomic E-state index is 3.51. The highest BCUT2D eigenvalue weighted by molar-refractivity contribution is 4.88. The second-order valence-electron chi connectivity index (χ2n) is 8.13. The maximum absolute atomic E-state index is 3.51. The van der Waals surface area contributed by atoms with Crippen molar-refractivity contribution in [2.24, 2.45) is 5.92 Å². The summed E-state index contributed by atoms with van der Waals surface area (Å²) in [6.07, 6.45) is 7.55. The van der Waals surface area contributed by atoms with Gasteiger partial charge in [-0.3, -0.25) is 0 Å². The van der Waals surface area contributed by atoms with Gasteiger partial charge in [-0.25, -0.2) is 10.9 Å². The van der Waals surface area contributed by atoms with Gasteiger partial charge in [-0.15, -0.1) is 0 Å². The van der Waals surface area contributed by atoms with Crippen molar-refractivity contribution in [3.05, 3.63) is 0 Å². The van der Waals surface area contributed by atoms with Crippen molar-refractivity contribution in [1.29, 1.82) is 0 Å². The minimum Gasteiger partial charge on any atom is -0.309 e. The van der Waals surface area contributed by atoms with E-state index in [1.54, 1.807) is 0 Å². The smallest absolute Gasteiger partial charge is 0.0270 e. The molecule has 0 aromatic carbocycles. The van der Waals surface area contributed by atoms with Crippen LogP contribution in [0.5, 0.6) is 0 Å². The van der Waals surface area contributed by atoms with E-state index in [4.69, 9.17) is 0 Å². The highest BCUT2D eigenvalue weighted by Gasteiger charge is 2.31. The average Bonchev–Trinajstić information content (AvgIpc) is 2.48. The summed E-state index contributed by atoms with van der Waals surface area (Å²) in [4.78, 5) is 6.86. The van der Waals surface area contributed by atoms with Crippen LogP contribution in [0, 0.1) is 5.92 Å². The predicted octanol–water partition coefficient (Wildman–Crippen LogP) is 0.978. The molecule has 1 fully saturated rings. The summed E-state index contributed by atoms with van der Waals surface area (Å²) in [6, 6.07) is 1.13. The van der Waals surface area contributed by atoms with E-state index in [0.29, 0.717) is 18.0 Å². The fourth-order valence-corrected chi connectivity index (χ4v) is 3.59. The van der Waals surface area contributed by atoms with Crippen LogP contribution in [0.3, 0.4) is 0 Å². The Labute approximate surface area is 150 Å². The fourth-order valence-electron chi connectivity index (χ4n) is 3.59. The Morgan fingerprint density at radius 3 is 1.33 bits per heavy atom. The summed E-state index contributed by atoms with van der Waals surface area (Å²) >= 11 is 0. The molecule has 0 aromatic rings. The van der Waals surface area contributed by atoms with Crippen molar-refractivity contribution in [2.75, 3.05) is 61.9 Å². The number of hydrogen-bond acceptors (Lipinski definition) is 6. The van der Waals surface area contributed by atoms with E-state index in [-0.39, 0.29) is 0 Å². The summed E-state index contributed by atoms with van der Waals surface area (Å²) in [5, 5.41) is 0. The van der Waals surface area contributed by atoms with Crippen LogP contribution in [-0.4, -0.2) is 88.7 Å². The molecule has 0 radical (unpaired) electrons. The molecule has 1 saturated heterocycles. The number of hydrogen-bond donors (Lipinski definition) is 3. The van der Waals surface area contributed by atoms with E-state index in [1.807, 2.05) is 0 Å². The molecule has 1 aliphatic heterocycles. The van der Waals surface area contributed by atoms with Gasteiger partial charge in [0.15, 0.2) is 0 Å². The fraction of sp³-hybridized carbons (Fsp3) is 1.00. The lowest BCUT2D eigenvalue weighted by Crippen LogP contribution is -2.64. The first-order valence-electron chi connectivity index (χ1n) is 9.60. The van der Waals surface area contributed by atoms with Crippen LogP contribution in [-0.2, 0) is 0 Å². The van der Waals surface area contributed by atoms with Gasteiger partial charge >= 0.3 is 0 Å². The highest BCUT2D eigenvalue weighted by Crippen LogP contribution is 2.24. The van der Waals surface area contributed by atoms with Gasteiger partial charge in [-0.2, -0.15) is 5.53 Å². The largest absolute Gasteiger partial charge is 0.309 e. The lowest BCUT2D eigenvalue weighted by Gasteiger charge is -2.41. The van der Waals surface area contributed by atoms with Crippen LogP contribution in [0.2, 0.25) is 0 Å². The molecule has 24 heavy (non-hydrogen) atoms. The number of nitrogens with zero attached hydrogens (tertiary/aromatic N) is 3. The highest BCUT2D eigenvalue weighted by atomic mass is 15.6. The first-order valence-corrected chi connectivity index (χ1v) is 9.60. The van der Waals surface area contributed by atoms with Crippen molar-refractivity contribution in [3.8, 4) is 0 Å². The molecule has 1 rings (SSSR count). The van der Waals surface area contributed by atoms with E-state index in [1.165, 1.54) is 58.2 Å². The monoisotopic (exact) mass is 342 g/mol. The normalized spacial score (nSPS) is 25.1. The van der Waals surface area contributed by atoms with E-state index in [9.17, 15) is 0 Å². The minimum atomic E-state index is 0.567. The van der Waals surface area contributed by atoms with Gasteiger partial charge < -0.3 is 14.7 Å². The van der Waals surface area contributed by atoms with E-state index >= 15 is 0 Å². The minimum absolute atomic E-state index is 0.567. The van der Waals surface area contributed by atoms with Crippen LogP contribution < -0.4 is 16.4 Å². The van der Waals surface area contributed by atoms with Crippen molar-refractivity contribution in [1.82, 2.24) is 31.1 Å². The Morgan fingerprint density at radius 2 is 0.958 bits per heavy atom. The Hall–Kier alpha value is -0.240. The molecule has 2 atom stereocenters. The van der Waals surface area contributed by atoms with Crippen molar-refractivity contribution in [3.63, 3.8) is 0 Å². The second-order valence-corrected chi connectivity index (χ2v) is 8.13. The molecule has 0 bridgehead atoms. The van der Waals surface area contributed by atoms with Crippen molar-refractivity contribution < 1.29 is 0 Å². The van der Waals surface area contributed by atoms with Crippen LogP contribution in [0.1, 0.15) is 38.5 Å². The van der Waals surface area contributed by atoms with Crippen LogP contribution in [0.25, 0.3) is 0 Å². The molecule has 1 heterocycles. The van der Waals surface area contributed by atoms with Gasteiger partial charge in [0.05, 0.1) is 0 Å². The SMILES string of the molecule is CN(C)CCCC1NNNC(CCCN(C)C)C1CCCN(C)C. The number of hydrazine groups is 2. The molecule has 0 aromatic heterocycles. The zero-order valence-electron chi connectivity index (χ0n) is 16.9. The third-order valence-corrected chi connectivity index (χ3v) is 4.93. The second kappa shape index (κ2) is 12.2. The lowest BCUT2D eigenvalue weighted by molar-refractivity contribution is 0.121. The van der Waals surface area contributed by atoms with Gasteiger partial charge in [0.1, 0.15) is 0 Å². The zero-order chi connectivity index (χ0) is 17.9. The third kappa shape index (κ3) is 9.30. The van der Waals surface area contributed by atoms with Gasteiger partial charge in [-0.1, -0.05) is 0 Å². The van der Waals surface area contributed by atoms with Gasteiger partial charge in [0.25, 0.3) is 0 Å². The predicted molar refractivity (Wildman–Crippen MR) is 104 cm³/mol. The number of nitrogens with one attached hydrogen (secondary N) is 3. The van der Waals surface area contributed by atoms with Gasteiger partial charge in [0.2, 0.25) is 0 Å². The molecule has 0 spiro atoms. The van der Waals surface area contributed by atoms with Crippen molar-refractivity contribution in [2.45, 2.75) is 50.6 Å². The zero-order valence-corrected chi connectivity index (χ0v) is 16.9. The molecule has 2 unspecified atom stereocenters. The third-order valence-electron chi connectivity index (χ3n) is 4.93. The summed E-state index contributed by atoms with van der Waals surface area (Å²) in [5.41, 5.74) is 10.3. The lowest BCUT2D eigenvalue weighted by atomic mass is 9.83. The molecule has 144 valence electrons. The topological polar surface area (TPSA) is 45.8 Å². The molecule has 3 N–H and O–H groups in total. The molecule has 0 amide bonds. The molecule has 0 aliphatic carbocycles. The molecule has 6 heteroatoms. The standard InChI is InChI=1S/C18H42N6/c1-22(2)13-7-10-16-17(11-8-14-23(3)4)19-21-20-18(16)12-9-15-24(5)6/h16-21H,7-15H2,1-6H3. The first-order chi connectivity index (χ1) is 11.4. The van der Waals surface area contributed by atoms with Gasteiger partial charge in [-0.05, 0) is 106 Å². The molecular weight excluding hydrogens is 300 g/mol. The van der Waals surface area contributed by atoms with Crippen LogP contribution in [0.15, 0.2) is 0 Å². The molecular formula is C18H42N6. The molecule has 1 aliphatic rings. The number of rotatable bonds is 12. The maximum Gasteiger partial charge on any atom is 0.0270 e. The molecule has 6 nitrogen and oxygen atoms in total.